The number of aliphatic carboxylic acids is 1. The maximum atomic E-state index is 12.9. The van der Waals surface area contributed by atoms with E-state index < -0.39 is 17.7 Å². The Morgan fingerprint density at radius 1 is 1.05 bits per heavy atom. The molecule has 210 valence electrons. The van der Waals surface area contributed by atoms with Gasteiger partial charge in [0, 0.05) is 37.7 Å². The Morgan fingerprint density at radius 3 is 2.28 bits per heavy atom. The molecule has 2 aliphatic heterocycles. The van der Waals surface area contributed by atoms with Gasteiger partial charge in [0.15, 0.2) is 0 Å². The summed E-state index contributed by atoms with van der Waals surface area (Å²) in [5.74, 6) is -2.59. The molecule has 0 unspecified atom stereocenters. The lowest BCUT2D eigenvalue weighted by Crippen LogP contribution is -2.59. The lowest BCUT2D eigenvalue weighted by Gasteiger charge is -2.44. The van der Waals surface area contributed by atoms with Crippen molar-refractivity contribution in [1.29, 1.82) is 0 Å². The van der Waals surface area contributed by atoms with Crippen molar-refractivity contribution in [2.75, 3.05) is 32.8 Å². The molecule has 3 fully saturated rings. The minimum atomic E-state index is -5.08. The smallest absolute Gasteiger partial charge is 0.475 e. The molecule has 0 bridgehead atoms. The number of hydrogen-bond acceptors (Lipinski definition) is 5. The number of carboxylic acids is 1. The molecule has 0 radical (unpaired) electrons. The number of carboxylic acid groups (broad SMARTS) is 1. The van der Waals surface area contributed by atoms with E-state index in [9.17, 15) is 27.6 Å². The summed E-state index contributed by atoms with van der Waals surface area (Å²) in [5.41, 5.74) is -0.0218. The zero-order valence-corrected chi connectivity index (χ0v) is 21.3. The van der Waals surface area contributed by atoms with Crippen LogP contribution in [0, 0.1) is 5.92 Å². The molecular weight excluding hydrogens is 517 g/mol. The van der Waals surface area contributed by atoms with E-state index in [1.165, 1.54) is 0 Å². The van der Waals surface area contributed by atoms with E-state index in [-0.39, 0.29) is 23.6 Å². The average Bonchev–Trinajstić information content (AvgIpc) is 3.18. The lowest BCUT2D eigenvalue weighted by atomic mass is 9.81. The molecule has 1 spiro atoms. The molecule has 2 heterocycles. The van der Waals surface area contributed by atoms with Crippen LogP contribution in [0.1, 0.15) is 42.5 Å². The summed E-state index contributed by atoms with van der Waals surface area (Å²) in [5, 5.41) is 15.2. The van der Waals surface area contributed by atoms with Crippen molar-refractivity contribution in [3.8, 4) is 0 Å². The van der Waals surface area contributed by atoms with E-state index in [1.807, 2.05) is 47.4 Å². The Morgan fingerprint density at radius 2 is 1.69 bits per heavy atom. The summed E-state index contributed by atoms with van der Waals surface area (Å²) in [4.78, 5) is 51.1. The molecule has 12 heteroatoms. The molecule has 3 amide bonds. The number of carbonyl (C=O) groups is 4. The Balaban J connectivity index is 0.000000448. The van der Waals surface area contributed by atoms with Crippen LogP contribution in [0.4, 0.5) is 13.2 Å². The van der Waals surface area contributed by atoms with Crippen LogP contribution in [-0.4, -0.2) is 83.2 Å². The minimum absolute atomic E-state index is 0.00516. The average molecular weight is 549 g/mol. The maximum Gasteiger partial charge on any atom is 0.490 e. The van der Waals surface area contributed by atoms with Gasteiger partial charge < -0.3 is 25.5 Å². The van der Waals surface area contributed by atoms with Crippen LogP contribution < -0.4 is 10.6 Å². The van der Waals surface area contributed by atoms with Crippen LogP contribution >= 0.6 is 0 Å². The summed E-state index contributed by atoms with van der Waals surface area (Å²) in [7, 11) is 0. The molecule has 39 heavy (non-hydrogen) atoms. The number of piperidine rings is 1. The number of likely N-dealkylation sites (tertiary alicyclic amines) is 1. The van der Waals surface area contributed by atoms with Gasteiger partial charge in [0.2, 0.25) is 11.8 Å². The van der Waals surface area contributed by atoms with Gasteiger partial charge in [-0.3, -0.25) is 14.4 Å². The number of benzene rings is 2. The molecule has 2 aromatic rings. The van der Waals surface area contributed by atoms with Crippen LogP contribution in [0.2, 0.25) is 0 Å². The van der Waals surface area contributed by atoms with E-state index in [0.717, 1.165) is 49.7 Å². The monoisotopic (exact) mass is 548 g/mol. The van der Waals surface area contributed by atoms with Crippen molar-refractivity contribution in [3.05, 3.63) is 48.0 Å². The Bertz CT molecular complexity index is 1240. The van der Waals surface area contributed by atoms with Gasteiger partial charge in [0.25, 0.3) is 5.91 Å². The molecule has 0 aromatic heterocycles. The van der Waals surface area contributed by atoms with Crippen LogP contribution in [0.25, 0.3) is 10.8 Å². The first-order valence-electron chi connectivity index (χ1n) is 12.9. The number of fused-ring (bicyclic) bond motifs is 1. The van der Waals surface area contributed by atoms with E-state index in [2.05, 4.69) is 15.5 Å². The number of rotatable bonds is 5. The Hall–Kier alpha value is -3.67. The number of nitrogens with zero attached hydrogens (tertiary/aromatic N) is 2. The van der Waals surface area contributed by atoms with Gasteiger partial charge in [-0.2, -0.15) is 13.2 Å². The number of carbonyl (C=O) groups excluding carboxylic acids is 3. The highest BCUT2D eigenvalue weighted by Crippen LogP contribution is 2.37. The number of hydrogen-bond donors (Lipinski definition) is 3. The highest BCUT2D eigenvalue weighted by atomic mass is 19.4. The third-order valence-corrected chi connectivity index (χ3v) is 7.71. The molecule has 9 nitrogen and oxygen atoms in total. The van der Waals surface area contributed by atoms with Crippen molar-refractivity contribution < 1.29 is 37.5 Å². The topological polar surface area (TPSA) is 119 Å². The van der Waals surface area contributed by atoms with Gasteiger partial charge in [-0.1, -0.05) is 36.8 Å². The highest BCUT2D eigenvalue weighted by molar-refractivity contribution is 5.98. The predicted molar refractivity (Wildman–Crippen MR) is 136 cm³/mol. The fraction of sp³-hybridized carbons (Fsp3) is 0.481. The van der Waals surface area contributed by atoms with Gasteiger partial charge in [-0.05, 0) is 48.6 Å². The molecule has 0 atom stereocenters. The second-order valence-electron chi connectivity index (χ2n) is 10.1. The quantitative estimate of drug-likeness (QED) is 0.529. The molecule has 2 saturated heterocycles. The summed E-state index contributed by atoms with van der Waals surface area (Å²) in [6.45, 7) is 3.11. The van der Waals surface area contributed by atoms with E-state index in [1.54, 1.807) is 0 Å². The summed E-state index contributed by atoms with van der Waals surface area (Å²) in [6, 6.07) is 13.7. The Labute approximate surface area is 223 Å². The second-order valence-corrected chi connectivity index (χ2v) is 10.1. The largest absolute Gasteiger partial charge is 0.490 e. The molecule has 1 saturated carbocycles. The highest BCUT2D eigenvalue weighted by Gasteiger charge is 2.53. The summed E-state index contributed by atoms with van der Waals surface area (Å²) >= 11 is 0. The third-order valence-electron chi connectivity index (χ3n) is 7.71. The molecule has 1 aliphatic carbocycles. The second kappa shape index (κ2) is 11.6. The normalized spacial score (nSPS) is 19.2. The summed E-state index contributed by atoms with van der Waals surface area (Å²) in [6.07, 6.45) is -0.783. The van der Waals surface area contributed by atoms with Crippen LogP contribution in [0.5, 0.6) is 0 Å². The van der Waals surface area contributed by atoms with Crippen molar-refractivity contribution in [2.45, 2.75) is 43.8 Å². The van der Waals surface area contributed by atoms with Crippen molar-refractivity contribution in [1.82, 2.24) is 20.4 Å². The van der Waals surface area contributed by atoms with Crippen LogP contribution in [0.15, 0.2) is 42.5 Å². The summed E-state index contributed by atoms with van der Waals surface area (Å²) < 4.78 is 31.7. The molecule has 5 rings (SSSR count). The van der Waals surface area contributed by atoms with Crippen molar-refractivity contribution in [2.24, 2.45) is 5.92 Å². The fourth-order valence-electron chi connectivity index (χ4n) is 5.16. The molecule has 2 aromatic carbocycles. The zero-order chi connectivity index (χ0) is 28.2. The van der Waals surface area contributed by atoms with E-state index in [0.29, 0.717) is 31.6 Å². The zero-order valence-electron chi connectivity index (χ0n) is 21.3. The van der Waals surface area contributed by atoms with Gasteiger partial charge >= 0.3 is 12.1 Å². The van der Waals surface area contributed by atoms with Gasteiger partial charge in [-0.15, -0.1) is 0 Å². The van der Waals surface area contributed by atoms with Gasteiger partial charge in [0.05, 0.1) is 6.67 Å². The molecule has 3 aliphatic rings. The van der Waals surface area contributed by atoms with Crippen molar-refractivity contribution in [3.63, 3.8) is 0 Å². The number of halogens is 3. The van der Waals surface area contributed by atoms with Crippen LogP contribution in [0.3, 0.4) is 0 Å². The van der Waals surface area contributed by atoms with E-state index >= 15 is 0 Å². The first-order chi connectivity index (χ1) is 18.5. The lowest BCUT2D eigenvalue weighted by molar-refractivity contribution is -0.192. The number of alkyl halides is 3. The standard InChI is InChI=1S/C25H30N4O3.C2HF3O2/c30-22(21-9-8-18-4-1-2-5-20(18)16-21)26-12-15-28-13-10-25(11-14-28)24(32)27-17-29(25)23(31)19-6-3-7-19;3-2(4,5)1(6)7/h1-2,4-5,8-9,16,19H,3,6-7,10-15,17H2,(H,26,30)(H,27,32);(H,6,7). The third kappa shape index (κ3) is 6.32. The fourth-order valence-corrected chi connectivity index (χ4v) is 5.16. The first kappa shape index (κ1) is 28.3. The first-order valence-corrected chi connectivity index (χ1v) is 12.9. The molecule has 3 N–H and O–H groups in total. The van der Waals surface area contributed by atoms with Gasteiger partial charge in [-0.25, -0.2) is 4.79 Å². The maximum absolute atomic E-state index is 12.9. The SMILES string of the molecule is O=C(NCCN1CCC2(CC1)C(=O)NCN2C(=O)C1CCC1)c1ccc2ccccc2c1.O=C(O)C(F)(F)F. The van der Waals surface area contributed by atoms with Crippen molar-refractivity contribution >= 4 is 34.5 Å². The number of amides is 3. The number of nitrogens with one attached hydrogen (secondary N) is 2. The molecular formula is C27H31F3N4O5. The van der Waals surface area contributed by atoms with Crippen LogP contribution in [-0.2, 0) is 14.4 Å². The minimum Gasteiger partial charge on any atom is -0.475 e. The Kier molecular flexibility index (Phi) is 8.43. The van der Waals surface area contributed by atoms with Gasteiger partial charge in [0.1, 0.15) is 5.54 Å². The predicted octanol–water partition coefficient (Wildman–Crippen LogP) is 2.75. The van der Waals surface area contributed by atoms with E-state index in [4.69, 9.17) is 9.90 Å².